The van der Waals surface area contributed by atoms with Crippen LogP contribution in [-0.2, 0) is 33.4 Å². The van der Waals surface area contributed by atoms with Crippen molar-refractivity contribution in [2.45, 2.75) is 91.1 Å². The molecule has 0 unspecified atom stereocenters. The van der Waals surface area contributed by atoms with Crippen molar-refractivity contribution in [3.05, 3.63) is 12.7 Å². The van der Waals surface area contributed by atoms with Crippen LogP contribution in [0.15, 0.2) is 12.7 Å². The van der Waals surface area contributed by atoms with Gasteiger partial charge in [0.2, 0.25) is 0 Å². The largest absolute Gasteiger partial charge is 0.465 e. The number of aliphatic hydroxyl groups excluding tert-OH is 1. The van der Waals surface area contributed by atoms with E-state index in [4.69, 9.17) is 14.2 Å². The molecule has 2 N–H and O–H groups in total. The van der Waals surface area contributed by atoms with Crippen molar-refractivity contribution in [2.24, 2.45) is 28.1 Å². The maximum atomic E-state index is 14.1. The van der Waals surface area contributed by atoms with Crippen LogP contribution in [0.1, 0.15) is 67.2 Å². The van der Waals surface area contributed by atoms with E-state index in [-0.39, 0.29) is 19.4 Å². The first-order valence-electron chi connectivity index (χ1n) is 12.1. The highest BCUT2D eigenvalue weighted by molar-refractivity contribution is 5.91. The quantitative estimate of drug-likeness (QED) is 0.334. The lowest BCUT2D eigenvalue weighted by atomic mass is 9.39. The number of hydrogen-bond donors (Lipinski definition) is 2. The van der Waals surface area contributed by atoms with Crippen molar-refractivity contribution >= 4 is 23.7 Å². The summed E-state index contributed by atoms with van der Waals surface area (Å²) in [5, 5.41) is 23.8. The number of carbonyl (C=O) groups excluding carboxylic acids is 4. The van der Waals surface area contributed by atoms with E-state index in [1.54, 1.807) is 13.0 Å². The zero-order valence-electron chi connectivity index (χ0n) is 21.5. The number of esters is 3. The minimum absolute atomic E-state index is 0.0501. The van der Waals surface area contributed by atoms with Gasteiger partial charge < -0.3 is 24.4 Å². The van der Waals surface area contributed by atoms with Crippen LogP contribution in [0.2, 0.25) is 0 Å². The highest BCUT2D eigenvalue weighted by atomic mass is 16.6. The second-order valence-corrected chi connectivity index (χ2v) is 11.5. The maximum Gasteiger partial charge on any atom is 0.303 e. The van der Waals surface area contributed by atoms with Crippen LogP contribution in [0.4, 0.5) is 0 Å². The van der Waals surface area contributed by atoms with Crippen molar-refractivity contribution in [2.75, 3.05) is 6.61 Å². The molecule has 3 fully saturated rings. The number of rotatable bonds is 5. The summed E-state index contributed by atoms with van der Waals surface area (Å²) in [5.41, 5.74) is -4.92. The molecule has 35 heavy (non-hydrogen) atoms. The van der Waals surface area contributed by atoms with Crippen LogP contribution < -0.4 is 0 Å². The molecule has 0 heterocycles. The van der Waals surface area contributed by atoms with E-state index < -0.39 is 75.7 Å². The van der Waals surface area contributed by atoms with E-state index in [2.05, 4.69) is 6.58 Å². The first kappa shape index (κ1) is 27.3. The van der Waals surface area contributed by atoms with Gasteiger partial charge in [0, 0.05) is 43.4 Å². The van der Waals surface area contributed by atoms with Crippen LogP contribution >= 0.6 is 0 Å². The number of ether oxygens (including phenoxy) is 3. The van der Waals surface area contributed by atoms with E-state index in [1.807, 2.05) is 13.8 Å². The number of fused-ring (bicyclic) bond motifs is 3. The van der Waals surface area contributed by atoms with Crippen molar-refractivity contribution in [1.29, 1.82) is 0 Å². The predicted molar refractivity (Wildman–Crippen MR) is 124 cm³/mol. The summed E-state index contributed by atoms with van der Waals surface area (Å²) in [6.45, 7) is 12.8. The van der Waals surface area contributed by atoms with Gasteiger partial charge in [0.1, 0.15) is 18.3 Å². The molecule has 196 valence electrons. The Kier molecular flexibility index (Phi) is 7.02. The summed E-state index contributed by atoms with van der Waals surface area (Å²) < 4.78 is 16.6. The molecule has 3 aliphatic rings. The molecule has 8 atom stereocenters. The Morgan fingerprint density at radius 1 is 1.09 bits per heavy atom. The van der Waals surface area contributed by atoms with Gasteiger partial charge in [-0.05, 0) is 31.1 Å². The van der Waals surface area contributed by atoms with E-state index in [0.29, 0.717) is 12.8 Å². The van der Waals surface area contributed by atoms with Crippen LogP contribution in [0.3, 0.4) is 0 Å². The number of hydrogen-bond acceptors (Lipinski definition) is 9. The number of Topliss-reactive ketones (excluding diaryl/α,β-unsaturated/α-hetero) is 1. The van der Waals surface area contributed by atoms with Gasteiger partial charge in [0.25, 0.3) is 0 Å². The molecule has 0 bridgehead atoms. The molecule has 9 nitrogen and oxygen atoms in total. The minimum atomic E-state index is -1.92. The lowest BCUT2D eigenvalue weighted by Crippen LogP contribution is -2.77. The molecule has 0 aromatic carbocycles. The highest BCUT2D eigenvalue weighted by Gasteiger charge is 2.75. The normalized spacial score (nSPS) is 42.2. The van der Waals surface area contributed by atoms with Crippen molar-refractivity contribution in [3.63, 3.8) is 0 Å². The lowest BCUT2D eigenvalue weighted by Gasteiger charge is -2.67. The van der Waals surface area contributed by atoms with Gasteiger partial charge in [-0.25, -0.2) is 0 Å². The topological polar surface area (TPSA) is 136 Å². The monoisotopic (exact) mass is 494 g/mol. The molecule has 3 rings (SSSR count). The third-order valence-electron chi connectivity index (χ3n) is 8.68. The Hall–Kier alpha value is -2.26. The summed E-state index contributed by atoms with van der Waals surface area (Å²) in [5.74, 6) is -4.12. The van der Waals surface area contributed by atoms with Gasteiger partial charge in [0.05, 0.1) is 6.10 Å². The number of carbonyl (C=O) groups is 4. The van der Waals surface area contributed by atoms with Gasteiger partial charge in [-0.15, -0.1) is 6.58 Å². The van der Waals surface area contributed by atoms with Crippen molar-refractivity contribution in [1.82, 2.24) is 0 Å². The molecule has 0 saturated heterocycles. The fourth-order valence-electron chi connectivity index (χ4n) is 7.24. The van der Waals surface area contributed by atoms with Crippen molar-refractivity contribution in [3.8, 4) is 0 Å². The van der Waals surface area contributed by atoms with Crippen LogP contribution in [0.25, 0.3) is 0 Å². The Balaban J connectivity index is 2.30. The lowest BCUT2D eigenvalue weighted by molar-refractivity contribution is -0.285. The third-order valence-corrected chi connectivity index (χ3v) is 8.68. The molecule has 3 aliphatic carbocycles. The van der Waals surface area contributed by atoms with Crippen LogP contribution in [0.5, 0.6) is 0 Å². The molecule has 9 heteroatoms. The fourth-order valence-corrected chi connectivity index (χ4v) is 7.24. The standard InChI is InChI=1S/C26H38O9/c1-8-24(7)12-26(32)17(11-19(24)34-15(3)28)25(13-33-14(2)27)18(30)9-10-23(5,6)21(25)20(31)22(26)35-16(4)29/h8,17-19,21-22,30,32H,1,9-13H2,2-7H3/t17-,18+,19+,21+,22-,24-,25+,26-/m1/s1. The second kappa shape index (κ2) is 9.00. The van der Waals surface area contributed by atoms with E-state index >= 15 is 0 Å². The summed E-state index contributed by atoms with van der Waals surface area (Å²) in [6.07, 6.45) is -1.00. The van der Waals surface area contributed by atoms with Gasteiger partial charge >= 0.3 is 17.9 Å². The predicted octanol–water partition coefficient (Wildman–Crippen LogP) is 2.11. The molecule has 0 aliphatic heterocycles. The molecule has 0 amide bonds. The van der Waals surface area contributed by atoms with Gasteiger partial charge in [-0.3, -0.25) is 19.2 Å². The Labute approximate surface area is 206 Å². The first-order chi connectivity index (χ1) is 16.0. The molecular formula is C26H38O9. The summed E-state index contributed by atoms with van der Waals surface area (Å²) in [7, 11) is 0. The number of ketones is 1. The van der Waals surface area contributed by atoms with E-state index in [0.717, 1.165) is 0 Å². The molecular weight excluding hydrogens is 456 g/mol. The zero-order valence-corrected chi connectivity index (χ0v) is 21.5. The second-order valence-electron chi connectivity index (χ2n) is 11.5. The SMILES string of the molecule is C=C[C@]1(C)C[C@]2(O)[C@H](OC(C)=O)C(=O)[C@H]3C(C)(C)CC[C@H](O)[C@]3(COC(C)=O)[C@H]2C[C@@H]1OC(C)=O. The maximum absolute atomic E-state index is 14.1. The highest BCUT2D eigenvalue weighted by Crippen LogP contribution is 2.66. The minimum Gasteiger partial charge on any atom is -0.465 e. The molecule has 0 radical (unpaired) electrons. The summed E-state index contributed by atoms with van der Waals surface area (Å²) in [4.78, 5) is 50.1. The third kappa shape index (κ3) is 4.31. The summed E-state index contributed by atoms with van der Waals surface area (Å²) >= 11 is 0. The Morgan fingerprint density at radius 3 is 2.20 bits per heavy atom. The van der Waals surface area contributed by atoms with Gasteiger partial charge in [-0.2, -0.15) is 0 Å². The van der Waals surface area contributed by atoms with E-state index in [1.165, 1.54) is 20.8 Å². The zero-order chi connectivity index (χ0) is 26.6. The molecule has 0 aromatic heterocycles. The molecule has 0 spiro atoms. The van der Waals surface area contributed by atoms with E-state index in [9.17, 15) is 29.4 Å². The average molecular weight is 495 g/mol. The molecule has 0 aromatic rings. The van der Waals surface area contributed by atoms with Crippen molar-refractivity contribution < 1.29 is 43.6 Å². The Bertz CT molecular complexity index is 926. The average Bonchev–Trinajstić information content (AvgIpc) is 2.73. The first-order valence-corrected chi connectivity index (χ1v) is 12.1. The fraction of sp³-hybridized carbons (Fsp3) is 0.769. The van der Waals surface area contributed by atoms with Gasteiger partial charge in [-0.1, -0.05) is 26.8 Å². The molecule has 3 saturated carbocycles. The number of aliphatic hydroxyl groups is 2. The Morgan fingerprint density at radius 2 is 1.69 bits per heavy atom. The van der Waals surface area contributed by atoms with Crippen LogP contribution in [-0.4, -0.2) is 64.4 Å². The van der Waals surface area contributed by atoms with Crippen LogP contribution in [0, 0.1) is 28.1 Å². The van der Waals surface area contributed by atoms with Gasteiger partial charge in [0.15, 0.2) is 11.9 Å². The summed E-state index contributed by atoms with van der Waals surface area (Å²) in [6, 6.07) is 0. The smallest absolute Gasteiger partial charge is 0.303 e.